The SMILES string of the molecule is COC(=O)c1c(NC(=O)C(C#N)=Cc2ccc(OC)cc2)sc2c1CCCC2. The first-order chi connectivity index (χ1) is 13.6. The van der Waals surface area contributed by atoms with E-state index >= 15 is 0 Å². The quantitative estimate of drug-likeness (QED) is 0.469. The average Bonchev–Trinajstić information content (AvgIpc) is 3.09. The van der Waals surface area contributed by atoms with E-state index in [2.05, 4.69) is 5.32 Å². The van der Waals surface area contributed by atoms with Crippen molar-refractivity contribution in [1.29, 1.82) is 5.26 Å². The van der Waals surface area contributed by atoms with Gasteiger partial charge in [-0.25, -0.2) is 4.79 Å². The zero-order valence-electron chi connectivity index (χ0n) is 15.7. The molecule has 1 amide bonds. The summed E-state index contributed by atoms with van der Waals surface area (Å²) in [5.74, 6) is -0.332. The number of fused-ring (bicyclic) bond motifs is 1. The first kappa shape index (κ1) is 19.6. The van der Waals surface area contributed by atoms with Crippen LogP contribution in [0.4, 0.5) is 5.00 Å². The number of hydrogen-bond acceptors (Lipinski definition) is 6. The summed E-state index contributed by atoms with van der Waals surface area (Å²) in [6, 6.07) is 8.95. The second kappa shape index (κ2) is 8.72. The lowest BCUT2D eigenvalue weighted by Gasteiger charge is -2.11. The van der Waals surface area contributed by atoms with Gasteiger partial charge >= 0.3 is 5.97 Å². The third-order valence-corrected chi connectivity index (χ3v) is 5.79. The first-order valence-corrected chi connectivity index (χ1v) is 9.69. The van der Waals surface area contributed by atoms with E-state index in [9.17, 15) is 14.9 Å². The van der Waals surface area contributed by atoms with E-state index in [-0.39, 0.29) is 5.57 Å². The molecule has 1 aromatic heterocycles. The highest BCUT2D eigenvalue weighted by Crippen LogP contribution is 2.38. The van der Waals surface area contributed by atoms with E-state index in [0.717, 1.165) is 36.1 Å². The van der Waals surface area contributed by atoms with Gasteiger partial charge in [-0.05, 0) is 55.0 Å². The van der Waals surface area contributed by atoms with Crippen LogP contribution in [0.1, 0.15) is 39.2 Å². The fourth-order valence-electron chi connectivity index (χ4n) is 3.16. The molecular formula is C21H20N2O4S. The number of hydrogen-bond donors (Lipinski definition) is 1. The smallest absolute Gasteiger partial charge is 0.341 e. The number of nitrogens with zero attached hydrogens (tertiary/aromatic N) is 1. The Kier molecular flexibility index (Phi) is 6.12. The van der Waals surface area contributed by atoms with Crippen LogP contribution in [-0.4, -0.2) is 26.1 Å². The Hall–Kier alpha value is -3.11. The number of anilines is 1. The van der Waals surface area contributed by atoms with Crippen molar-refractivity contribution >= 4 is 34.3 Å². The van der Waals surface area contributed by atoms with Crippen LogP contribution < -0.4 is 10.1 Å². The fourth-order valence-corrected chi connectivity index (χ4v) is 4.43. The fraction of sp³-hybridized carbons (Fsp3) is 0.286. The molecule has 1 aliphatic rings. The summed E-state index contributed by atoms with van der Waals surface area (Å²) in [4.78, 5) is 26.1. The Bertz CT molecular complexity index is 968. The number of nitrogens with one attached hydrogen (secondary N) is 1. The molecule has 0 saturated heterocycles. The minimum absolute atomic E-state index is 0.0487. The molecule has 0 bridgehead atoms. The Labute approximate surface area is 167 Å². The number of aryl methyl sites for hydroxylation is 1. The summed E-state index contributed by atoms with van der Waals surface area (Å²) in [5, 5.41) is 12.6. The molecule has 1 aromatic carbocycles. The number of nitriles is 1. The van der Waals surface area contributed by atoms with Crippen LogP contribution in [0.15, 0.2) is 29.8 Å². The largest absolute Gasteiger partial charge is 0.497 e. The number of thiophene rings is 1. The van der Waals surface area contributed by atoms with Gasteiger partial charge in [0.05, 0.1) is 19.8 Å². The van der Waals surface area contributed by atoms with Gasteiger partial charge in [0.15, 0.2) is 0 Å². The van der Waals surface area contributed by atoms with Crippen LogP contribution in [-0.2, 0) is 22.4 Å². The number of rotatable bonds is 5. The molecule has 7 heteroatoms. The van der Waals surface area contributed by atoms with Gasteiger partial charge in [0.25, 0.3) is 5.91 Å². The predicted octanol–water partition coefficient (Wildman–Crippen LogP) is 3.97. The predicted molar refractivity (Wildman–Crippen MR) is 108 cm³/mol. The number of ether oxygens (including phenoxy) is 2. The maximum Gasteiger partial charge on any atom is 0.341 e. The summed E-state index contributed by atoms with van der Waals surface area (Å²) in [7, 11) is 2.89. The Balaban J connectivity index is 1.88. The topological polar surface area (TPSA) is 88.4 Å². The van der Waals surface area contributed by atoms with E-state index in [1.807, 2.05) is 6.07 Å². The van der Waals surface area contributed by atoms with Crippen molar-refractivity contribution < 1.29 is 19.1 Å². The molecule has 0 radical (unpaired) electrons. The van der Waals surface area contributed by atoms with Crippen molar-refractivity contribution in [2.45, 2.75) is 25.7 Å². The lowest BCUT2D eigenvalue weighted by molar-refractivity contribution is -0.112. The molecule has 0 fully saturated rings. The van der Waals surface area contributed by atoms with Gasteiger partial charge in [-0.15, -0.1) is 11.3 Å². The maximum atomic E-state index is 12.7. The highest BCUT2D eigenvalue weighted by Gasteiger charge is 2.27. The van der Waals surface area contributed by atoms with Crippen LogP contribution in [0.3, 0.4) is 0 Å². The first-order valence-electron chi connectivity index (χ1n) is 8.87. The van der Waals surface area contributed by atoms with Crippen LogP contribution >= 0.6 is 11.3 Å². The number of methoxy groups -OCH3 is 2. The Morgan fingerprint density at radius 2 is 1.89 bits per heavy atom. The van der Waals surface area contributed by atoms with E-state index < -0.39 is 11.9 Å². The molecule has 0 atom stereocenters. The Morgan fingerprint density at radius 1 is 1.18 bits per heavy atom. The normalized spacial score (nSPS) is 13.2. The van der Waals surface area contributed by atoms with Gasteiger partial charge in [-0.2, -0.15) is 5.26 Å². The molecular weight excluding hydrogens is 376 g/mol. The van der Waals surface area contributed by atoms with E-state index in [0.29, 0.717) is 21.9 Å². The van der Waals surface area contributed by atoms with Gasteiger partial charge in [-0.1, -0.05) is 12.1 Å². The number of esters is 1. The van der Waals surface area contributed by atoms with Gasteiger partial charge in [0.1, 0.15) is 22.4 Å². The summed E-state index contributed by atoms with van der Waals surface area (Å²) in [6.45, 7) is 0. The molecule has 0 spiro atoms. The van der Waals surface area contributed by atoms with Crippen LogP contribution in [0.25, 0.3) is 6.08 Å². The van der Waals surface area contributed by atoms with Gasteiger partial charge < -0.3 is 14.8 Å². The Morgan fingerprint density at radius 3 is 2.54 bits per heavy atom. The second-order valence-electron chi connectivity index (χ2n) is 6.30. The number of amides is 1. The number of benzene rings is 1. The summed E-state index contributed by atoms with van der Waals surface area (Å²) in [5.41, 5.74) is 2.02. The molecule has 1 aliphatic carbocycles. The lowest BCUT2D eigenvalue weighted by Crippen LogP contribution is -2.16. The van der Waals surface area contributed by atoms with E-state index in [4.69, 9.17) is 9.47 Å². The monoisotopic (exact) mass is 396 g/mol. The van der Waals surface area contributed by atoms with Crippen molar-refractivity contribution in [2.75, 3.05) is 19.5 Å². The van der Waals surface area contributed by atoms with Gasteiger partial charge in [-0.3, -0.25) is 4.79 Å². The highest BCUT2D eigenvalue weighted by atomic mass is 32.1. The van der Waals surface area contributed by atoms with Crippen LogP contribution in [0.2, 0.25) is 0 Å². The highest BCUT2D eigenvalue weighted by molar-refractivity contribution is 7.17. The summed E-state index contributed by atoms with van der Waals surface area (Å²) in [6.07, 6.45) is 5.23. The van der Waals surface area contributed by atoms with Gasteiger partial charge in [0, 0.05) is 4.88 Å². The molecule has 144 valence electrons. The molecule has 1 N–H and O–H groups in total. The number of carbonyl (C=O) groups is 2. The minimum atomic E-state index is -0.554. The average molecular weight is 396 g/mol. The zero-order chi connectivity index (χ0) is 20.1. The van der Waals surface area contributed by atoms with Crippen LogP contribution in [0.5, 0.6) is 5.75 Å². The summed E-state index contributed by atoms with van der Waals surface area (Å²) >= 11 is 1.39. The van der Waals surface area contributed by atoms with Crippen molar-refractivity contribution in [3.8, 4) is 11.8 Å². The molecule has 0 saturated carbocycles. The minimum Gasteiger partial charge on any atom is -0.497 e. The van der Waals surface area contributed by atoms with Gasteiger partial charge in [0.2, 0.25) is 0 Å². The third-order valence-electron chi connectivity index (χ3n) is 4.58. The molecule has 0 unspecified atom stereocenters. The molecule has 1 heterocycles. The van der Waals surface area contributed by atoms with Crippen molar-refractivity contribution in [1.82, 2.24) is 0 Å². The second-order valence-corrected chi connectivity index (χ2v) is 7.41. The van der Waals surface area contributed by atoms with E-state index in [1.54, 1.807) is 31.4 Å². The summed E-state index contributed by atoms with van der Waals surface area (Å²) < 4.78 is 10.0. The third kappa shape index (κ3) is 4.07. The molecule has 28 heavy (non-hydrogen) atoms. The molecule has 2 aromatic rings. The van der Waals surface area contributed by atoms with Crippen molar-refractivity contribution in [2.24, 2.45) is 0 Å². The zero-order valence-corrected chi connectivity index (χ0v) is 16.5. The van der Waals surface area contributed by atoms with E-state index in [1.165, 1.54) is 24.5 Å². The standard InChI is InChI=1S/C21H20N2O4S/c1-26-15-9-7-13(8-10-15)11-14(12-22)19(24)23-20-18(21(25)27-2)16-5-3-4-6-17(16)28-20/h7-11H,3-6H2,1-2H3,(H,23,24). The lowest BCUT2D eigenvalue weighted by atomic mass is 9.95. The van der Waals surface area contributed by atoms with Crippen molar-refractivity contribution in [3.05, 3.63) is 51.4 Å². The molecule has 3 rings (SSSR count). The number of carbonyl (C=O) groups excluding carboxylic acids is 2. The van der Waals surface area contributed by atoms with Crippen LogP contribution in [0, 0.1) is 11.3 Å². The molecule has 6 nitrogen and oxygen atoms in total. The molecule has 0 aliphatic heterocycles. The maximum absolute atomic E-state index is 12.7. The van der Waals surface area contributed by atoms with Crippen molar-refractivity contribution in [3.63, 3.8) is 0 Å².